The van der Waals surface area contributed by atoms with Crippen LogP contribution < -0.4 is 5.32 Å². The lowest BCUT2D eigenvalue weighted by Crippen LogP contribution is -2.41. The van der Waals surface area contributed by atoms with Crippen LogP contribution in [0.2, 0.25) is 0 Å². The van der Waals surface area contributed by atoms with E-state index in [0.717, 1.165) is 51.6 Å². The van der Waals surface area contributed by atoms with Crippen LogP contribution in [0.3, 0.4) is 0 Å². The number of guanidine groups is 1. The Morgan fingerprint density at radius 1 is 1.60 bits per heavy atom. The van der Waals surface area contributed by atoms with Gasteiger partial charge >= 0.3 is 0 Å². The molecule has 0 amide bonds. The van der Waals surface area contributed by atoms with Crippen LogP contribution in [0, 0.1) is 5.92 Å². The summed E-state index contributed by atoms with van der Waals surface area (Å²) in [5, 5.41) is 7.59. The Balaban J connectivity index is 1.66. The number of aliphatic imine (C=N–C) groups is 1. The van der Waals surface area contributed by atoms with Crippen LogP contribution in [0.25, 0.3) is 0 Å². The molecule has 1 aromatic heterocycles. The predicted octanol–water partition coefficient (Wildman–Crippen LogP) is 0.817. The van der Waals surface area contributed by atoms with Crippen molar-refractivity contribution in [2.45, 2.75) is 19.4 Å². The van der Waals surface area contributed by atoms with Crippen molar-refractivity contribution in [1.82, 2.24) is 20.0 Å². The molecular weight excluding hydrogens is 254 g/mol. The van der Waals surface area contributed by atoms with Crippen molar-refractivity contribution >= 4 is 5.96 Å². The summed E-state index contributed by atoms with van der Waals surface area (Å²) >= 11 is 0. The first kappa shape index (κ1) is 14.8. The van der Waals surface area contributed by atoms with Crippen LogP contribution in [-0.4, -0.2) is 61.0 Å². The summed E-state index contributed by atoms with van der Waals surface area (Å²) in [6.45, 7) is 4.60. The van der Waals surface area contributed by atoms with Gasteiger partial charge in [-0.3, -0.25) is 9.67 Å². The Labute approximate surface area is 120 Å². The zero-order valence-electron chi connectivity index (χ0n) is 12.5. The minimum atomic E-state index is 0.627. The third kappa shape index (κ3) is 4.52. The molecule has 1 aromatic rings. The first-order valence-electron chi connectivity index (χ1n) is 7.26. The van der Waals surface area contributed by atoms with Crippen molar-refractivity contribution in [2.24, 2.45) is 10.9 Å². The van der Waals surface area contributed by atoms with Crippen molar-refractivity contribution in [3.63, 3.8) is 0 Å². The maximum atomic E-state index is 5.41. The highest BCUT2D eigenvalue weighted by Gasteiger charge is 2.18. The molecule has 1 unspecified atom stereocenters. The zero-order chi connectivity index (χ0) is 14.2. The number of nitrogens with zero attached hydrogens (tertiary/aromatic N) is 4. The van der Waals surface area contributed by atoms with E-state index < -0.39 is 0 Å². The first-order valence-corrected chi connectivity index (χ1v) is 7.26. The Morgan fingerprint density at radius 2 is 2.50 bits per heavy atom. The van der Waals surface area contributed by atoms with E-state index in [1.54, 1.807) is 0 Å². The molecule has 1 saturated heterocycles. The summed E-state index contributed by atoms with van der Waals surface area (Å²) in [6, 6.07) is 1.95. The van der Waals surface area contributed by atoms with Crippen molar-refractivity contribution in [1.29, 1.82) is 0 Å². The minimum absolute atomic E-state index is 0.627. The molecule has 1 atom stereocenters. The van der Waals surface area contributed by atoms with Gasteiger partial charge in [-0.1, -0.05) is 0 Å². The number of aromatic nitrogens is 2. The lowest BCUT2D eigenvalue weighted by molar-refractivity contribution is 0.181. The Morgan fingerprint density at radius 3 is 3.15 bits per heavy atom. The van der Waals surface area contributed by atoms with Crippen LogP contribution in [0.1, 0.15) is 12.8 Å². The first-order chi connectivity index (χ1) is 9.79. The van der Waals surface area contributed by atoms with Crippen molar-refractivity contribution in [2.75, 3.05) is 40.4 Å². The Hall–Kier alpha value is -1.56. The van der Waals surface area contributed by atoms with Crippen LogP contribution in [0.15, 0.2) is 23.5 Å². The number of nitrogens with one attached hydrogen (secondary N) is 1. The van der Waals surface area contributed by atoms with Gasteiger partial charge in [0.15, 0.2) is 5.96 Å². The van der Waals surface area contributed by atoms with Gasteiger partial charge in [0.25, 0.3) is 0 Å². The lowest BCUT2D eigenvalue weighted by Gasteiger charge is -2.24. The molecule has 6 nitrogen and oxygen atoms in total. The smallest absolute Gasteiger partial charge is 0.193 e. The molecule has 2 rings (SSSR count). The average Bonchev–Trinajstić information content (AvgIpc) is 3.11. The van der Waals surface area contributed by atoms with Crippen LogP contribution >= 0.6 is 0 Å². The number of ether oxygens (including phenoxy) is 1. The van der Waals surface area contributed by atoms with Crippen LogP contribution in [0.5, 0.6) is 0 Å². The molecular formula is C14H25N5O. The fraction of sp³-hybridized carbons (Fsp3) is 0.714. The molecule has 0 aliphatic carbocycles. The van der Waals surface area contributed by atoms with Gasteiger partial charge in [-0.25, -0.2) is 0 Å². The summed E-state index contributed by atoms with van der Waals surface area (Å²) in [4.78, 5) is 6.52. The predicted molar refractivity (Wildman–Crippen MR) is 79.8 cm³/mol. The Kier molecular flexibility index (Phi) is 5.86. The fourth-order valence-electron chi connectivity index (χ4n) is 2.46. The molecule has 6 heteroatoms. The molecule has 1 aliphatic rings. The number of hydrogen-bond acceptors (Lipinski definition) is 3. The lowest BCUT2D eigenvalue weighted by atomic mass is 10.1. The summed E-state index contributed by atoms with van der Waals surface area (Å²) in [7, 11) is 3.92. The van der Waals surface area contributed by atoms with E-state index in [0.29, 0.717) is 5.92 Å². The molecule has 0 bridgehead atoms. The molecule has 2 heterocycles. The normalized spacial score (nSPS) is 19.3. The zero-order valence-corrected chi connectivity index (χ0v) is 12.5. The molecule has 0 aromatic carbocycles. The van der Waals surface area contributed by atoms with E-state index in [-0.39, 0.29) is 0 Å². The second kappa shape index (κ2) is 7.89. The summed E-state index contributed by atoms with van der Waals surface area (Å²) < 4.78 is 7.36. The number of rotatable bonds is 6. The second-order valence-electron chi connectivity index (χ2n) is 5.21. The molecule has 0 spiro atoms. The highest BCUT2D eigenvalue weighted by Crippen LogP contribution is 2.13. The van der Waals surface area contributed by atoms with E-state index in [4.69, 9.17) is 4.74 Å². The van der Waals surface area contributed by atoms with Gasteiger partial charge in [-0.2, -0.15) is 5.10 Å². The second-order valence-corrected chi connectivity index (χ2v) is 5.21. The minimum Gasteiger partial charge on any atom is -0.381 e. The van der Waals surface area contributed by atoms with Crippen LogP contribution in [0.4, 0.5) is 0 Å². The van der Waals surface area contributed by atoms with Crippen molar-refractivity contribution < 1.29 is 4.74 Å². The standard InChI is InChI=1S/C14H25N5O/c1-15-14(18(2)11-13-5-10-20-12-13)16-6-3-8-19-9-4-7-17-19/h4,7,9,13H,3,5-6,8,10-12H2,1-2H3,(H,15,16). The third-order valence-electron chi connectivity index (χ3n) is 3.54. The maximum Gasteiger partial charge on any atom is 0.193 e. The monoisotopic (exact) mass is 279 g/mol. The van der Waals surface area contributed by atoms with Gasteiger partial charge in [-0.15, -0.1) is 0 Å². The van der Waals surface area contributed by atoms with Gasteiger partial charge < -0.3 is 15.0 Å². The molecule has 0 radical (unpaired) electrons. The van der Waals surface area contributed by atoms with E-state index in [1.165, 1.54) is 0 Å². The van der Waals surface area contributed by atoms with Gasteiger partial charge in [0.2, 0.25) is 0 Å². The topological polar surface area (TPSA) is 54.7 Å². The van der Waals surface area contributed by atoms with Crippen LogP contribution in [-0.2, 0) is 11.3 Å². The SMILES string of the molecule is CN=C(NCCCn1cccn1)N(C)CC1CCOC1. The van der Waals surface area contributed by atoms with E-state index >= 15 is 0 Å². The maximum absolute atomic E-state index is 5.41. The summed E-state index contributed by atoms with van der Waals surface area (Å²) in [6.07, 6.45) is 5.98. The third-order valence-corrected chi connectivity index (χ3v) is 3.54. The van der Waals surface area contributed by atoms with E-state index in [1.807, 2.05) is 30.2 Å². The molecule has 1 aliphatic heterocycles. The van der Waals surface area contributed by atoms with E-state index in [9.17, 15) is 0 Å². The number of hydrogen-bond donors (Lipinski definition) is 1. The highest BCUT2D eigenvalue weighted by atomic mass is 16.5. The number of aryl methyl sites for hydroxylation is 1. The average molecular weight is 279 g/mol. The Bertz CT molecular complexity index is 398. The molecule has 20 heavy (non-hydrogen) atoms. The van der Waals surface area contributed by atoms with Gasteiger partial charge in [0.1, 0.15) is 0 Å². The van der Waals surface area contributed by atoms with E-state index in [2.05, 4.69) is 27.4 Å². The van der Waals surface area contributed by atoms with Crippen molar-refractivity contribution in [3.8, 4) is 0 Å². The molecule has 1 N–H and O–H groups in total. The highest BCUT2D eigenvalue weighted by molar-refractivity contribution is 5.79. The van der Waals surface area contributed by atoms with Crippen molar-refractivity contribution in [3.05, 3.63) is 18.5 Å². The van der Waals surface area contributed by atoms with Gasteiger partial charge in [0.05, 0.1) is 6.61 Å². The van der Waals surface area contributed by atoms with Gasteiger partial charge in [0, 0.05) is 58.6 Å². The fourth-order valence-corrected chi connectivity index (χ4v) is 2.46. The van der Waals surface area contributed by atoms with Gasteiger partial charge in [-0.05, 0) is 18.9 Å². The summed E-state index contributed by atoms with van der Waals surface area (Å²) in [5.41, 5.74) is 0. The molecule has 1 fully saturated rings. The largest absolute Gasteiger partial charge is 0.381 e. The quantitative estimate of drug-likeness (QED) is 0.476. The molecule has 112 valence electrons. The summed E-state index contributed by atoms with van der Waals surface area (Å²) in [5.74, 6) is 1.58. The molecule has 0 saturated carbocycles.